The predicted molar refractivity (Wildman–Crippen MR) is 109 cm³/mol. The monoisotopic (exact) mass is 435 g/mol. The summed E-state index contributed by atoms with van der Waals surface area (Å²) in [5.74, 6) is 0.538. The van der Waals surface area contributed by atoms with Crippen LogP contribution in [0.5, 0.6) is 5.75 Å². The van der Waals surface area contributed by atoms with Gasteiger partial charge in [0.25, 0.3) is 10.1 Å². The molecule has 0 N–H and O–H groups in total. The van der Waals surface area contributed by atoms with E-state index in [9.17, 15) is 13.2 Å². The van der Waals surface area contributed by atoms with Crippen LogP contribution in [-0.4, -0.2) is 58.1 Å². The van der Waals surface area contributed by atoms with Crippen molar-refractivity contribution >= 4 is 16.2 Å². The van der Waals surface area contributed by atoms with Crippen molar-refractivity contribution in [2.45, 2.75) is 25.4 Å². The number of hydrogen-bond donors (Lipinski definition) is 0. The highest BCUT2D eigenvalue weighted by Crippen LogP contribution is 2.23. The normalized spacial score (nSPS) is 18.9. The van der Waals surface area contributed by atoms with Gasteiger partial charge in [-0.2, -0.15) is 8.42 Å². The molecule has 0 radical (unpaired) electrons. The average molecular weight is 435 g/mol. The molecular weight excluding hydrogens is 410 g/mol. The van der Waals surface area contributed by atoms with E-state index in [2.05, 4.69) is 0 Å². The number of benzene rings is 2. The van der Waals surface area contributed by atoms with Crippen molar-refractivity contribution in [3.63, 3.8) is 0 Å². The van der Waals surface area contributed by atoms with E-state index in [0.29, 0.717) is 24.4 Å². The van der Waals surface area contributed by atoms with Gasteiger partial charge >= 0.3 is 6.09 Å². The van der Waals surface area contributed by atoms with Gasteiger partial charge in [-0.05, 0) is 23.3 Å². The predicted octanol–water partition coefficient (Wildman–Crippen LogP) is 2.58. The van der Waals surface area contributed by atoms with Crippen LogP contribution in [0.15, 0.2) is 54.6 Å². The van der Waals surface area contributed by atoms with E-state index >= 15 is 0 Å². The number of nitrogens with zero attached hydrogens (tertiary/aromatic N) is 1. The number of likely N-dealkylation sites (tertiary alicyclic amines) is 1. The zero-order chi connectivity index (χ0) is 21.6. The lowest BCUT2D eigenvalue weighted by atomic mass is 10.2. The van der Waals surface area contributed by atoms with Crippen LogP contribution in [0, 0.1) is 0 Å². The molecule has 0 spiro atoms. The van der Waals surface area contributed by atoms with Gasteiger partial charge in [-0.3, -0.25) is 4.18 Å². The summed E-state index contributed by atoms with van der Waals surface area (Å²) < 4.78 is 44.1. The number of methoxy groups -OCH3 is 1. The van der Waals surface area contributed by atoms with Crippen LogP contribution in [-0.2, 0) is 37.0 Å². The molecule has 2 atom stereocenters. The molecule has 0 saturated carbocycles. The summed E-state index contributed by atoms with van der Waals surface area (Å²) >= 11 is 0. The largest absolute Gasteiger partial charge is 0.486 e. The minimum Gasteiger partial charge on any atom is -0.486 e. The molecule has 162 valence electrons. The molecule has 0 bridgehead atoms. The summed E-state index contributed by atoms with van der Waals surface area (Å²) in [7, 11) is -1.97. The Morgan fingerprint density at radius 1 is 1.00 bits per heavy atom. The lowest BCUT2D eigenvalue weighted by molar-refractivity contribution is 0.0338. The summed E-state index contributed by atoms with van der Waals surface area (Å²) in [6.45, 7) is 0.788. The second-order valence-corrected chi connectivity index (χ2v) is 8.63. The Morgan fingerprint density at radius 2 is 1.70 bits per heavy atom. The Kier molecular flexibility index (Phi) is 7.30. The lowest BCUT2D eigenvalue weighted by Crippen LogP contribution is -2.32. The maximum absolute atomic E-state index is 12.4. The van der Waals surface area contributed by atoms with Gasteiger partial charge in [-0.25, -0.2) is 4.79 Å². The molecule has 0 aromatic heterocycles. The van der Waals surface area contributed by atoms with Crippen LogP contribution in [0.4, 0.5) is 4.79 Å². The molecule has 30 heavy (non-hydrogen) atoms. The maximum Gasteiger partial charge on any atom is 0.410 e. The van der Waals surface area contributed by atoms with Gasteiger partial charge in [0.15, 0.2) is 0 Å². The lowest BCUT2D eigenvalue weighted by Gasteiger charge is -2.19. The maximum atomic E-state index is 12.4. The highest BCUT2D eigenvalue weighted by Gasteiger charge is 2.38. The van der Waals surface area contributed by atoms with Gasteiger partial charge in [0, 0.05) is 7.11 Å². The summed E-state index contributed by atoms with van der Waals surface area (Å²) in [6.07, 6.45) is -0.126. The van der Waals surface area contributed by atoms with Gasteiger partial charge < -0.3 is 19.1 Å². The number of carbonyl (C=O) groups is 1. The topological polar surface area (TPSA) is 91.4 Å². The van der Waals surface area contributed by atoms with Crippen LogP contribution >= 0.6 is 0 Å². The van der Waals surface area contributed by atoms with Crippen LogP contribution in [0.25, 0.3) is 0 Å². The fraction of sp³-hybridized carbons (Fsp3) is 0.381. The third-order valence-corrected chi connectivity index (χ3v) is 5.15. The first-order chi connectivity index (χ1) is 14.3. The number of rotatable bonds is 8. The van der Waals surface area contributed by atoms with Crippen LogP contribution in [0.1, 0.15) is 11.1 Å². The number of carbonyl (C=O) groups excluding carboxylic acids is 1. The smallest absolute Gasteiger partial charge is 0.410 e. The minimum absolute atomic E-state index is 0.0770. The highest BCUT2D eigenvalue weighted by molar-refractivity contribution is 7.85. The van der Waals surface area contributed by atoms with Crippen molar-refractivity contribution in [3.8, 4) is 5.75 Å². The molecule has 3 rings (SSSR count). The Bertz CT molecular complexity index is 949. The Labute approximate surface area is 176 Å². The third-order valence-electron chi connectivity index (χ3n) is 4.61. The zero-order valence-corrected chi connectivity index (χ0v) is 17.7. The Morgan fingerprint density at radius 3 is 2.40 bits per heavy atom. The third kappa shape index (κ3) is 6.45. The zero-order valence-electron chi connectivity index (χ0n) is 16.9. The average Bonchev–Trinajstić information content (AvgIpc) is 3.14. The molecule has 8 nitrogen and oxygen atoms in total. The van der Waals surface area contributed by atoms with E-state index in [-0.39, 0.29) is 25.4 Å². The Hall–Kier alpha value is -2.62. The standard InChI is InChI=1S/C21H25NO7S/c1-26-19-12-22(21(23)27-14-16-7-4-3-5-8-16)13-20(19)29-18-10-6-9-17(11-18)15-28-30(2,24)25/h3-11,19-20H,12-15H2,1-2H3/t19-,20-/m0/s1. The molecule has 1 fully saturated rings. The van der Waals surface area contributed by atoms with Crippen molar-refractivity contribution in [3.05, 3.63) is 65.7 Å². The molecule has 0 unspecified atom stereocenters. The van der Waals surface area contributed by atoms with Gasteiger partial charge in [0.2, 0.25) is 0 Å². The molecule has 1 saturated heterocycles. The van der Waals surface area contributed by atoms with E-state index in [1.807, 2.05) is 30.3 Å². The summed E-state index contributed by atoms with van der Waals surface area (Å²) in [4.78, 5) is 14.0. The van der Waals surface area contributed by atoms with Gasteiger partial charge in [-0.15, -0.1) is 0 Å². The molecule has 1 amide bonds. The minimum atomic E-state index is -3.53. The van der Waals surface area contributed by atoms with Crippen molar-refractivity contribution in [2.24, 2.45) is 0 Å². The van der Waals surface area contributed by atoms with Crippen molar-refractivity contribution in [2.75, 3.05) is 26.5 Å². The van der Waals surface area contributed by atoms with Crippen LogP contribution in [0.2, 0.25) is 0 Å². The second-order valence-electron chi connectivity index (χ2n) is 6.99. The van der Waals surface area contributed by atoms with E-state index < -0.39 is 16.2 Å². The Balaban J connectivity index is 1.57. The summed E-state index contributed by atoms with van der Waals surface area (Å²) in [5, 5.41) is 0. The fourth-order valence-corrected chi connectivity index (χ4v) is 3.45. The molecule has 0 aliphatic carbocycles. The summed E-state index contributed by atoms with van der Waals surface area (Å²) in [5.41, 5.74) is 1.57. The van der Waals surface area contributed by atoms with Crippen molar-refractivity contribution in [1.82, 2.24) is 4.90 Å². The molecule has 9 heteroatoms. The van der Waals surface area contributed by atoms with Crippen molar-refractivity contribution in [1.29, 1.82) is 0 Å². The second kappa shape index (κ2) is 9.92. The molecule has 1 aliphatic heterocycles. The van der Waals surface area contributed by atoms with Gasteiger partial charge in [-0.1, -0.05) is 42.5 Å². The van der Waals surface area contributed by atoms with E-state index in [1.165, 1.54) is 0 Å². The number of hydrogen-bond acceptors (Lipinski definition) is 7. The van der Waals surface area contributed by atoms with Crippen molar-refractivity contribution < 1.29 is 31.6 Å². The fourth-order valence-electron chi connectivity index (χ4n) is 3.10. The van der Waals surface area contributed by atoms with Gasteiger partial charge in [0.05, 0.1) is 26.0 Å². The molecule has 1 aliphatic rings. The quantitative estimate of drug-likeness (QED) is 0.589. The van der Waals surface area contributed by atoms with E-state index in [1.54, 1.807) is 36.3 Å². The first kappa shape index (κ1) is 22.1. The number of ether oxygens (including phenoxy) is 3. The molecule has 1 heterocycles. The molecular formula is C21H25NO7S. The molecule has 2 aromatic carbocycles. The first-order valence-corrected chi connectivity index (χ1v) is 11.2. The van der Waals surface area contributed by atoms with E-state index in [4.69, 9.17) is 18.4 Å². The van der Waals surface area contributed by atoms with Crippen LogP contribution < -0.4 is 4.74 Å². The number of amides is 1. The SMILES string of the molecule is CO[C@H]1CN(C(=O)OCc2ccccc2)C[C@@H]1Oc1cccc(COS(C)(=O)=O)c1. The summed E-state index contributed by atoms with van der Waals surface area (Å²) in [6, 6.07) is 16.4. The molecule has 2 aromatic rings. The van der Waals surface area contributed by atoms with Gasteiger partial charge in [0.1, 0.15) is 24.6 Å². The van der Waals surface area contributed by atoms with Crippen LogP contribution in [0.3, 0.4) is 0 Å². The highest BCUT2D eigenvalue weighted by atomic mass is 32.2. The first-order valence-electron chi connectivity index (χ1n) is 9.42. The van der Waals surface area contributed by atoms with E-state index in [0.717, 1.165) is 11.8 Å².